The topological polar surface area (TPSA) is 82.2 Å². The second kappa shape index (κ2) is 5.75. The van der Waals surface area contributed by atoms with E-state index in [4.69, 9.17) is 11.0 Å². The van der Waals surface area contributed by atoms with E-state index >= 15 is 0 Å². The van der Waals surface area contributed by atoms with Crippen LogP contribution < -0.4 is 16.0 Å². The number of carbonyl (C=O) groups is 1. The van der Waals surface area contributed by atoms with E-state index < -0.39 is 0 Å². The lowest BCUT2D eigenvalue weighted by molar-refractivity contribution is -0.120. The minimum absolute atomic E-state index is 0.00667. The number of nitrogens with two attached hydrogens (primary N) is 1. The molecule has 90 valence electrons. The summed E-state index contributed by atoms with van der Waals surface area (Å²) < 4.78 is 0. The number of hydrogen-bond acceptors (Lipinski definition) is 4. The Morgan fingerprint density at radius 1 is 1.59 bits per heavy atom. The van der Waals surface area contributed by atoms with Gasteiger partial charge >= 0.3 is 0 Å². The Bertz CT molecular complexity index is 450. The third-order valence-corrected chi connectivity index (χ3v) is 2.55. The van der Waals surface area contributed by atoms with Crippen LogP contribution in [0.25, 0.3) is 0 Å². The minimum atomic E-state index is -0.00667. The summed E-state index contributed by atoms with van der Waals surface area (Å²) in [5.41, 5.74) is 7.43. The van der Waals surface area contributed by atoms with E-state index in [-0.39, 0.29) is 5.91 Å². The summed E-state index contributed by atoms with van der Waals surface area (Å²) in [6, 6.07) is 7.29. The maximum absolute atomic E-state index is 11.1. The van der Waals surface area contributed by atoms with Gasteiger partial charge in [-0.1, -0.05) is 0 Å². The highest BCUT2D eigenvalue weighted by atomic mass is 16.1. The SMILES string of the molecule is CNC(=O)CCN(C)c1ccc(N)c(C#N)c1. The van der Waals surface area contributed by atoms with E-state index in [1.807, 2.05) is 24.1 Å². The molecule has 0 aliphatic carbocycles. The van der Waals surface area contributed by atoms with Crippen molar-refractivity contribution in [3.63, 3.8) is 0 Å². The predicted molar refractivity (Wildman–Crippen MR) is 67.5 cm³/mol. The lowest BCUT2D eigenvalue weighted by Gasteiger charge is -2.19. The molecule has 0 aliphatic heterocycles. The monoisotopic (exact) mass is 232 g/mol. The van der Waals surface area contributed by atoms with Gasteiger partial charge in [-0.25, -0.2) is 0 Å². The van der Waals surface area contributed by atoms with Gasteiger partial charge < -0.3 is 16.0 Å². The molecule has 1 aromatic rings. The van der Waals surface area contributed by atoms with Crippen molar-refractivity contribution in [2.24, 2.45) is 0 Å². The zero-order valence-corrected chi connectivity index (χ0v) is 10.0. The van der Waals surface area contributed by atoms with Crippen molar-refractivity contribution in [3.05, 3.63) is 23.8 Å². The van der Waals surface area contributed by atoms with Gasteiger partial charge in [0.05, 0.1) is 5.56 Å². The molecule has 5 heteroatoms. The van der Waals surface area contributed by atoms with Crippen molar-refractivity contribution >= 4 is 17.3 Å². The van der Waals surface area contributed by atoms with E-state index in [1.165, 1.54) is 0 Å². The van der Waals surface area contributed by atoms with Gasteiger partial charge in [0.25, 0.3) is 0 Å². The number of amides is 1. The fourth-order valence-corrected chi connectivity index (χ4v) is 1.40. The molecule has 1 aromatic carbocycles. The molecule has 0 heterocycles. The number of nitriles is 1. The van der Waals surface area contributed by atoms with Crippen LogP contribution in [-0.2, 0) is 4.79 Å². The standard InChI is InChI=1S/C12H16N4O/c1-15-12(17)5-6-16(2)10-3-4-11(14)9(7-10)8-13/h3-4,7H,5-6,14H2,1-2H3,(H,15,17). The Hall–Kier alpha value is -2.22. The molecule has 0 bridgehead atoms. The number of carbonyl (C=O) groups excluding carboxylic acids is 1. The molecule has 5 nitrogen and oxygen atoms in total. The van der Waals surface area contributed by atoms with Gasteiger partial charge in [-0.05, 0) is 18.2 Å². The second-order valence-electron chi connectivity index (χ2n) is 3.73. The summed E-state index contributed by atoms with van der Waals surface area (Å²) in [6.07, 6.45) is 0.416. The minimum Gasteiger partial charge on any atom is -0.398 e. The zero-order valence-electron chi connectivity index (χ0n) is 10.0. The molecular weight excluding hydrogens is 216 g/mol. The number of nitrogens with one attached hydrogen (secondary N) is 1. The van der Waals surface area contributed by atoms with Crippen LogP contribution >= 0.6 is 0 Å². The first-order valence-corrected chi connectivity index (χ1v) is 5.30. The first-order chi connectivity index (χ1) is 8.08. The smallest absolute Gasteiger partial charge is 0.221 e. The van der Waals surface area contributed by atoms with Crippen molar-refractivity contribution < 1.29 is 4.79 Å². The van der Waals surface area contributed by atoms with Crippen molar-refractivity contribution in [3.8, 4) is 6.07 Å². The molecule has 0 atom stereocenters. The van der Waals surface area contributed by atoms with Crippen LogP contribution in [0.5, 0.6) is 0 Å². The Morgan fingerprint density at radius 2 is 2.29 bits per heavy atom. The predicted octanol–water partition coefficient (Wildman–Crippen LogP) is 0.713. The summed E-state index contributed by atoms with van der Waals surface area (Å²) in [6.45, 7) is 0.592. The highest BCUT2D eigenvalue weighted by Gasteiger charge is 2.06. The average Bonchev–Trinajstić information content (AvgIpc) is 2.35. The van der Waals surface area contributed by atoms with Gasteiger partial charge in [-0.15, -0.1) is 0 Å². The van der Waals surface area contributed by atoms with Gasteiger partial charge in [-0.3, -0.25) is 4.79 Å². The number of benzene rings is 1. The Labute approximate surface area is 101 Å². The first-order valence-electron chi connectivity index (χ1n) is 5.30. The Balaban J connectivity index is 2.73. The van der Waals surface area contributed by atoms with Gasteiger partial charge in [0.1, 0.15) is 6.07 Å². The van der Waals surface area contributed by atoms with Crippen LogP contribution in [0.4, 0.5) is 11.4 Å². The normalized spacial score (nSPS) is 9.47. The second-order valence-corrected chi connectivity index (χ2v) is 3.73. The van der Waals surface area contributed by atoms with Crippen molar-refractivity contribution in [2.75, 3.05) is 31.3 Å². The Morgan fingerprint density at radius 3 is 2.88 bits per heavy atom. The first kappa shape index (κ1) is 12.8. The Kier molecular flexibility index (Phi) is 4.35. The fourth-order valence-electron chi connectivity index (χ4n) is 1.40. The highest BCUT2D eigenvalue weighted by molar-refractivity contribution is 5.76. The number of nitrogens with zero attached hydrogens (tertiary/aromatic N) is 2. The maximum atomic E-state index is 11.1. The van der Waals surface area contributed by atoms with E-state index in [2.05, 4.69) is 5.32 Å². The summed E-state index contributed by atoms with van der Waals surface area (Å²) in [4.78, 5) is 13.0. The van der Waals surface area contributed by atoms with Crippen LogP contribution in [0.2, 0.25) is 0 Å². The molecule has 0 unspecified atom stereocenters. The molecule has 0 radical (unpaired) electrons. The van der Waals surface area contributed by atoms with Crippen LogP contribution in [0.3, 0.4) is 0 Å². The summed E-state index contributed by atoms with van der Waals surface area (Å²) in [7, 11) is 3.48. The molecule has 0 saturated carbocycles. The fraction of sp³-hybridized carbons (Fsp3) is 0.333. The number of anilines is 2. The van der Waals surface area contributed by atoms with Crippen LogP contribution in [-0.4, -0.2) is 26.5 Å². The van der Waals surface area contributed by atoms with Gasteiger partial charge in [-0.2, -0.15) is 5.26 Å². The number of hydrogen-bond donors (Lipinski definition) is 2. The maximum Gasteiger partial charge on any atom is 0.221 e. The van der Waals surface area contributed by atoms with Gasteiger partial charge in [0.15, 0.2) is 0 Å². The van der Waals surface area contributed by atoms with Crippen molar-refractivity contribution in [2.45, 2.75) is 6.42 Å². The van der Waals surface area contributed by atoms with Crippen LogP contribution in [0, 0.1) is 11.3 Å². The largest absolute Gasteiger partial charge is 0.398 e. The zero-order chi connectivity index (χ0) is 12.8. The molecule has 3 N–H and O–H groups in total. The van der Waals surface area contributed by atoms with Crippen molar-refractivity contribution in [1.82, 2.24) is 5.32 Å². The molecule has 1 rings (SSSR count). The summed E-state index contributed by atoms with van der Waals surface area (Å²) >= 11 is 0. The molecule has 0 spiro atoms. The molecular formula is C12H16N4O. The van der Waals surface area contributed by atoms with Gasteiger partial charge in [0.2, 0.25) is 5.91 Å². The quantitative estimate of drug-likeness (QED) is 0.749. The third kappa shape index (κ3) is 3.38. The molecule has 0 saturated heterocycles. The summed E-state index contributed by atoms with van der Waals surface area (Å²) in [5, 5.41) is 11.4. The van der Waals surface area contributed by atoms with E-state index in [9.17, 15) is 4.79 Å². The van der Waals surface area contributed by atoms with Crippen LogP contribution in [0.15, 0.2) is 18.2 Å². The highest BCUT2D eigenvalue weighted by Crippen LogP contribution is 2.19. The lowest BCUT2D eigenvalue weighted by atomic mass is 10.1. The number of nitrogen functional groups attached to an aromatic ring is 1. The van der Waals surface area contributed by atoms with E-state index in [1.54, 1.807) is 19.2 Å². The summed E-state index contributed by atoms with van der Waals surface area (Å²) in [5.74, 6) is -0.00667. The van der Waals surface area contributed by atoms with Gasteiger partial charge in [0, 0.05) is 38.4 Å². The van der Waals surface area contributed by atoms with Crippen LogP contribution in [0.1, 0.15) is 12.0 Å². The average molecular weight is 232 g/mol. The lowest BCUT2D eigenvalue weighted by Crippen LogP contribution is -2.26. The molecule has 17 heavy (non-hydrogen) atoms. The van der Waals surface area contributed by atoms with E-state index in [0.29, 0.717) is 24.2 Å². The number of rotatable bonds is 4. The molecule has 0 aliphatic rings. The molecule has 0 aromatic heterocycles. The molecule has 1 amide bonds. The third-order valence-electron chi connectivity index (χ3n) is 2.55. The van der Waals surface area contributed by atoms with E-state index in [0.717, 1.165) is 5.69 Å². The molecule has 0 fully saturated rings. The van der Waals surface area contributed by atoms with Crippen molar-refractivity contribution in [1.29, 1.82) is 5.26 Å².